The number of nitrogens with zero attached hydrogens (tertiary/aromatic N) is 4. The van der Waals surface area contributed by atoms with Gasteiger partial charge in [0.2, 0.25) is 5.03 Å². The summed E-state index contributed by atoms with van der Waals surface area (Å²) >= 11 is 6.16. The normalized spacial score (nSPS) is 22.4. The van der Waals surface area contributed by atoms with Gasteiger partial charge in [0.05, 0.1) is 5.56 Å². The minimum Gasteiger partial charge on any atom is -0.369 e. The molecule has 2 heterocycles. The Balaban J connectivity index is 1.50. The molecule has 1 aliphatic carbocycles. The monoisotopic (exact) mass is 493 g/mol. The van der Waals surface area contributed by atoms with Gasteiger partial charge in [0.1, 0.15) is 0 Å². The number of hydrogen-bond acceptors (Lipinski definition) is 5. The molecule has 1 aromatic heterocycles. The van der Waals surface area contributed by atoms with E-state index >= 15 is 0 Å². The van der Waals surface area contributed by atoms with Gasteiger partial charge in [-0.2, -0.15) is 9.40 Å². The van der Waals surface area contributed by atoms with Crippen LogP contribution in [0, 0.1) is 12.8 Å². The topological polar surface area (TPSA) is 87.5 Å². The van der Waals surface area contributed by atoms with Gasteiger partial charge in [0, 0.05) is 56.2 Å². The maximum Gasteiger partial charge on any atom is 0.263 e. The first-order chi connectivity index (χ1) is 15.7. The standard InChI is InChI=1S/C23H32ClN5O3S/c1-16-6-4-5-7-20(16)25-22(30)19-15-27(3)26-23(19)33(31,32)29-12-10-28(11-13-29)21-14-18(24)9-8-17(21)2/h8-9,14-16,20H,4-7,10-13H2,1-3H3,(H,25,30). The molecule has 1 aromatic carbocycles. The Kier molecular flexibility index (Phi) is 7.02. The first-order valence-corrected chi connectivity index (χ1v) is 13.3. The first-order valence-electron chi connectivity index (χ1n) is 11.5. The zero-order valence-electron chi connectivity index (χ0n) is 19.4. The van der Waals surface area contributed by atoms with Crippen LogP contribution in [0.1, 0.15) is 48.5 Å². The van der Waals surface area contributed by atoms with E-state index in [1.54, 1.807) is 7.05 Å². The van der Waals surface area contributed by atoms with E-state index < -0.39 is 10.0 Å². The number of carbonyl (C=O) groups is 1. The van der Waals surface area contributed by atoms with E-state index in [2.05, 4.69) is 22.2 Å². The molecule has 1 saturated carbocycles. The maximum atomic E-state index is 13.5. The minimum absolute atomic E-state index is 0.0616. The Morgan fingerprint density at radius 1 is 1.15 bits per heavy atom. The number of aromatic nitrogens is 2. The molecule has 33 heavy (non-hydrogen) atoms. The van der Waals surface area contributed by atoms with Gasteiger partial charge in [-0.05, 0) is 43.4 Å². The predicted octanol–water partition coefficient (Wildman–Crippen LogP) is 3.20. The Morgan fingerprint density at radius 3 is 2.55 bits per heavy atom. The number of sulfonamides is 1. The lowest BCUT2D eigenvalue weighted by Gasteiger charge is -2.36. The first kappa shape index (κ1) is 24.0. The largest absolute Gasteiger partial charge is 0.369 e. The molecule has 2 aromatic rings. The predicted molar refractivity (Wildman–Crippen MR) is 129 cm³/mol. The van der Waals surface area contributed by atoms with Gasteiger partial charge in [0.15, 0.2) is 0 Å². The van der Waals surface area contributed by atoms with E-state index in [0.29, 0.717) is 37.1 Å². The highest BCUT2D eigenvalue weighted by atomic mass is 35.5. The number of halogens is 1. The molecule has 4 rings (SSSR count). The van der Waals surface area contributed by atoms with Gasteiger partial charge in [0.25, 0.3) is 15.9 Å². The van der Waals surface area contributed by atoms with Crippen molar-refractivity contribution in [2.75, 3.05) is 31.1 Å². The summed E-state index contributed by atoms with van der Waals surface area (Å²) in [5, 5.41) is 7.73. The van der Waals surface area contributed by atoms with Gasteiger partial charge in [-0.15, -0.1) is 0 Å². The van der Waals surface area contributed by atoms with E-state index in [4.69, 9.17) is 11.6 Å². The second-order valence-corrected chi connectivity index (χ2v) is 11.5. The molecule has 8 nitrogen and oxygen atoms in total. The number of benzene rings is 1. The molecule has 0 spiro atoms. The third-order valence-electron chi connectivity index (χ3n) is 6.80. The quantitative estimate of drug-likeness (QED) is 0.691. The van der Waals surface area contributed by atoms with Crippen molar-refractivity contribution in [2.45, 2.75) is 50.6 Å². The molecule has 1 N–H and O–H groups in total. The van der Waals surface area contributed by atoms with Crippen LogP contribution in [0.5, 0.6) is 0 Å². The van der Waals surface area contributed by atoms with E-state index in [0.717, 1.165) is 30.5 Å². The highest BCUT2D eigenvalue weighted by Crippen LogP contribution is 2.28. The average molecular weight is 494 g/mol. The van der Waals surface area contributed by atoms with Crippen LogP contribution >= 0.6 is 11.6 Å². The molecule has 0 radical (unpaired) electrons. The summed E-state index contributed by atoms with van der Waals surface area (Å²) < 4.78 is 29.8. The zero-order valence-corrected chi connectivity index (χ0v) is 21.0. The van der Waals surface area contributed by atoms with Crippen molar-refractivity contribution in [3.05, 3.63) is 40.5 Å². The van der Waals surface area contributed by atoms with Gasteiger partial charge in [-0.3, -0.25) is 9.48 Å². The third-order valence-corrected chi connectivity index (χ3v) is 8.87. The van der Waals surface area contributed by atoms with Gasteiger partial charge in [-0.25, -0.2) is 8.42 Å². The highest BCUT2D eigenvalue weighted by molar-refractivity contribution is 7.89. The molecule has 180 valence electrons. The van der Waals surface area contributed by atoms with Crippen LogP contribution < -0.4 is 10.2 Å². The molecule has 0 bridgehead atoms. The van der Waals surface area contributed by atoms with Crippen molar-refractivity contribution in [3.8, 4) is 0 Å². The lowest BCUT2D eigenvalue weighted by molar-refractivity contribution is 0.0906. The van der Waals surface area contributed by atoms with Crippen molar-refractivity contribution in [2.24, 2.45) is 13.0 Å². The molecule has 2 unspecified atom stereocenters. The molecular formula is C23H32ClN5O3S. The number of nitrogens with one attached hydrogen (secondary N) is 1. The van der Waals surface area contributed by atoms with E-state index in [1.807, 2.05) is 25.1 Å². The highest BCUT2D eigenvalue weighted by Gasteiger charge is 2.35. The van der Waals surface area contributed by atoms with Gasteiger partial charge < -0.3 is 10.2 Å². The smallest absolute Gasteiger partial charge is 0.263 e. The van der Waals surface area contributed by atoms with E-state index in [1.165, 1.54) is 21.6 Å². The fraction of sp³-hybridized carbons (Fsp3) is 0.565. The summed E-state index contributed by atoms with van der Waals surface area (Å²) in [5.41, 5.74) is 2.22. The molecular weight excluding hydrogens is 462 g/mol. The Bertz CT molecular complexity index is 1130. The number of aryl methyl sites for hydroxylation is 2. The second-order valence-electron chi connectivity index (χ2n) is 9.19. The summed E-state index contributed by atoms with van der Waals surface area (Å²) in [4.78, 5) is 15.2. The number of piperazine rings is 1. The third kappa shape index (κ3) is 5.05. The molecule has 2 fully saturated rings. The van der Waals surface area contributed by atoms with Crippen LogP contribution in [0.15, 0.2) is 29.4 Å². The van der Waals surface area contributed by atoms with Crippen molar-refractivity contribution >= 4 is 33.2 Å². The van der Waals surface area contributed by atoms with Crippen molar-refractivity contribution < 1.29 is 13.2 Å². The number of rotatable bonds is 5. The SMILES string of the molecule is Cc1ccc(Cl)cc1N1CCN(S(=O)(=O)c2nn(C)cc2C(=O)NC2CCCCC2C)CC1. The molecule has 1 amide bonds. The Labute approximate surface area is 200 Å². The number of hydrogen-bond donors (Lipinski definition) is 1. The molecule has 1 saturated heterocycles. The van der Waals surface area contributed by atoms with Crippen molar-refractivity contribution in [3.63, 3.8) is 0 Å². The van der Waals surface area contributed by atoms with Gasteiger partial charge >= 0.3 is 0 Å². The molecule has 2 atom stereocenters. The summed E-state index contributed by atoms with van der Waals surface area (Å²) in [6.45, 7) is 5.84. The summed E-state index contributed by atoms with van der Waals surface area (Å²) in [7, 11) is -2.27. The van der Waals surface area contributed by atoms with E-state index in [9.17, 15) is 13.2 Å². The van der Waals surface area contributed by atoms with Crippen molar-refractivity contribution in [1.29, 1.82) is 0 Å². The van der Waals surface area contributed by atoms with Crippen LogP contribution in [-0.4, -0.2) is 60.6 Å². The lowest BCUT2D eigenvalue weighted by atomic mass is 9.86. The minimum atomic E-state index is -3.91. The number of carbonyl (C=O) groups excluding carboxylic acids is 1. The zero-order chi connectivity index (χ0) is 23.8. The number of anilines is 1. The number of amides is 1. The van der Waals surface area contributed by atoms with Crippen LogP contribution in [0.3, 0.4) is 0 Å². The van der Waals surface area contributed by atoms with Crippen LogP contribution in [0.4, 0.5) is 5.69 Å². The molecule has 10 heteroatoms. The van der Waals surface area contributed by atoms with Crippen LogP contribution in [0.2, 0.25) is 5.02 Å². The fourth-order valence-electron chi connectivity index (χ4n) is 4.81. The van der Waals surface area contributed by atoms with E-state index in [-0.39, 0.29) is 22.5 Å². The summed E-state index contributed by atoms with van der Waals surface area (Å²) in [5.74, 6) is 0.0102. The summed E-state index contributed by atoms with van der Waals surface area (Å²) in [6.07, 6.45) is 5.73. The molecule has 2 aliphatic rings. The average Bonchev–Trinajstić information content (AvgIpc) is 3.20. The maximum absolute atomic E-state index is 13.5. The van der Waals surface area contributed by atoms with Crippen molar-refractivity contribution in [1.82, 2.24) is 19.4 Å². The van der Waals surface area contributed by atoms with Gasteiger partial charge in [-0.1, -0.05) is 37.4 Å². The van der Waals surface area contributed by atoms with Crippen LogP contribution in [0.25, 0.3) is 0 Å². The summed E-state index contributed by atoms with van der Waals surface area (Å²) in [6, 6.07) is 5.79. The second kappa shape index (κ2) is 9.64. The molecule has 1 aliphatic heterocycles. The Hall–Kier alpha value is -2.10. The van der Waals surface area contributed by atoms with Crippen LogP contribution in [-0.2, 0) is 17.1 Å². The Morgan fingerprint density at radius 2 is 1.85 bits per heavy atom. The fourth-order valence-corrected chi connectivity index (χ4v) is 6.52. The lowest BCUT2D eigenvalue weighted by Crippen LogP contribution is -2.49.